The molecular weight excluding hydrogens is 372 g/mol. The Bertz CT molecular complexity index is 986. The van der Waals surface area contributed by atoms with Gasteiger partial charge < -0.3 is 9.84 Å². The van der Waals surface area contributed by atoms with Gasteiger partial charge in [0.1, 0.15) is 23.1 Å². The quantitative estimate of drug-likeness (QED) is 0.795. The summed E-state index contributed by atoms with van der Waals surface area (Å²) in [6, 6.07) is 14.0. The Hall–Kier alpha value is -2.61. The van der Waals surface area contributed by atoms with Gasteiger partial charge in [0.25, 0.3) is 0 Å². The van der Waals surface area contributed by atoms with Crippen molar-refractivity contribution < 1.29 is 9.84 Å². The van der Waals surface area contributed by atoms with Gasteiger partial charge in [-0.05, 0) is 62.4 Å². The maximum atomic E-state index is 12.1. The zero-order valence-electron chi connectivity index (χ0n) is 17.3. The van der Waals surface area contributed by atoms with Gasteiger partial charge in [0, 0.05) is 12.0 Å². The lowest BCUT2D eigenvalue weighted by Crippen LogP contribution is -2.63. The second-order valence-corrected chi connectivity index (χ2v) is 8.62. The zero-order chi connectivity index (χ0) is 20.6. The predicted octanol–water partition coefficient (Wildman–Crippen LogP) is 3.74. The molecule has 4 aliphatic rings. The molecule has 0 saturated carbocycles. The Morgan fingerprint density at radius 2 is 1.97 bits per heavy atom. The van der Waals surface area contributed by atoms with E-state index in [-0.39, 0.29) is 12.0 Å². The number of aliphatic hydroxyl groups is 1. The van der Waals surface area contributed by atoms with Crippen molar-refractivity contribution in [3.8, 4) is 12.3 Å². The van der Waals surface area contributed by atoms with E-state index in [1.165, 1.54) is 5.56 Å². The van der Waals surface area contributed by atoms with E-state index < -0.39 is 5.60 Å². The molecule has 2 atom stereocenters. The second kappa shape index (κ2) is 7.91. The lowest BCUT2D eigenvalue weighted by atomic mass is 9.66. The number of aromatic nitrogens is 1. The average molecular weight is 401 g/mol. The number of hydrogen-bond donors (Lipinski definition) is 1. The molecule has 3 saturated heterocycles. The molecular formula is C26H28N2O2. The first-order chi connectivity index (χ1) is 14.7. The Morgan fingerprint density at radius 3 is 2.67 bits per heavy atom. The van der Waals surface area contributed by atoms with Gasteiger partial charge in [-0.15, -0.1) is 6.42 Å². The van der Waals surface area contributed by atoms with Crippen molar-refractivity contribution in [2.24, 2.45) is 5.92 Å². The first-order valence-electron chi connectivity index (χ1n) is 11.0. The van der Waals surface area contributed by atoms with Crippen molar-refractivity contribution in [2.75, 3.05) is 19.7 Å². The molecule has 0 aliphatic carbocycles. The third kappa shape index (κ3) is 3.23. The van der Waals surface area contributed by atoms with E-state index in [0.717, 1.165) is 68.1 Å². The molecule has 1 aromatic heterocycles. The standard InChI is InChI=1S/C26H28N2O2/c1-2-25-26(29,20-13-15-28(25)16-14-20)21-11-12-22(24-10-6-7-17-30-24)27-23(21)18-19-8-4-3-5-9-19/h1,3-5,8-12,20,25,29H,6-7,13-18H2. The lowest BCUT2D eigenvalue weighted by Gasteiger charge is -2.54. The largest absolute Gasteiger partial charge is 0.492 e. The molecule has 4 aliphatic heterocycles. The molecule has 5 heterocycles. The normalized spacial score (nSPS) is 30.3. The smallest absolute Gasteiger partial charge is 0.140 e. The van der Waals surface area contributed by atoms with E-state index in [2.05, 4.69) is 29.0 Å². The predicted molar refractivity (Wildman–Crippen MR) is 117 cm³/mol. The van der Waals surface area contributed by atoms with E-state index in [1.807, 2.05) is 30.3 Å². The van der Waals surface area contributed by atoms with Crippen LogP contribution in [0.15, 0.2) is 48.5 Å². The molecule has 1 aromatic carbocycles. The van der Waals surface area contributed by atoms with Crippen molar-refractivity contribution in [2.45, 2.75) is 43.7 Å². The van der Waals surface area contributed by atoms with Crippen molar-refractivity contribution in [3.63, 3.8) is 0 Å². The average Bonchev–Trinajstić information content (AvgIpc) is 2.81. The van der Waals surface area contributed by atoms with Crippen molar-refractivity contribution >= 4 is 5.76 Å². The topological polar surface area (TPSA) is 45.6 Å². The number of terminal acetylenes is 1. The van der Waals surface area contributed by atoms with Crippen molar-refractivity contribution in [1.82, 2.24) is 9.88 Å². The van der Waals surface area contributed by atoms with Gasteiger partial charge in [-0.3, -0.25) is 4.90 Å². The van der Waals surface area contributed by atoms with Crippen LogP contribution < -0.4 is 0 Å². The highest BCUT2D eigenvalue weighted by atomic mass is 16.5. The molecule has 4 nitrogen and oxygen atoms in total. The number of pyridine rings is 1. The molecule has 0 radical (unpaired) electrons. The highest BCUT2D eigenvalue weighted by Crippen LogP contribution is 2.47. The van der Waals surface area contributed by atoms with Crippen LogP contribution in [-0.2, 0) is 16.8 Å². The van der Waals surface area contributed by atoms with Crippen LogP contribution >= 0.6 is 0 Å². The number of benzene rings is 1. The van der Waals surface area contributed by atoms with E-state index >= 15 is 0 Å². The van der Waals surface area contributed by atoms with Gasteiger partial charge in [0.05, 0.1) is 12.3 Å². The van der Waals surface area contributed by atoms with E-state index in [0.29, 0.717) is 6.42 Å². The van der Waals surface area contributed by atoms with Gasteiger partial charge in [0.15, 0.2) is 0 Å². The highest BCUT2D eigenvalue weighted by Gasteiger charge is 2.54. The summed E-state index contributed by atoms with van der Waals surface area (Å²) in [5, 5.41) is 12.1. The number of ether oxygens (including phenoxy) is 1. The van der Waals surface area contributed by atoms with Crippen LogP contribution in [0.1, 0.15) is 48.2 Å². The van der Waals surface area contributed by atoms with Crippen LogP contribution in [0.5, 0.6) is 0 Å². The molecule has 154 valence electrons. The summed E-state index contributed by atoms with van der Waals surface area (Å²) in [4.78, 5) is 7.28. The first-order valence-corrected chi connectivity index (χ1v) is 11.0. The number of fused-ring (bicyclic) bond motifs is 3. The minimum absolute atomic E-state index is 0.163. The van der Waals surface area contributed by atoms with Crippen LogP contribution in [0.3, 0.4) is 0 Å². The van der Waals surface area contributed by atoms with Crippen molar-refractivity contribution in [3.05, 3.63) is 71.1 Å². The number of nitrogens with zero attached hydrogens (tertiary/aromatic N) is 2. The third-order valence-electron chi connectivity index (χ3n) is 6.90. The molecule has 3 fully saturated rings. The minimum atomic E-state index is -1.07. The fraction of sp³-hybridized carbons (Fsp3) is 0.423. The number of piperidine rings is 3. The summed E-state index contributed by atoms with van der Waals surface area (Å²) in [6.45, 7) is 2.65. The number of hydrogen-bond acceptors (Lipinski definition) is 4. The summed E-state index contributed by atoms with van der Waals surface area (Å²) in [5.41, 5.74) is 2.72. The monoisotopic (exact) mass is 400 g/mol. The summed E-state index contributed by atoms with van der Waals surface area (Å²) >= 11 is 0. The van der Waals surface area contributed by atoms with Gasteiger partial charge in [0.2, 0.25) is 0 Å². The van der Waals surface area contributed by atoms with Crippen molar-refractivity contribution in [1.29, 1.82) is 0 Å². The molecule has 4 heteroatoms. The molecule has 6 rings (SSSR count). The Morgan fingerprint density at radius 1 is 1.17 bits per heavy atom. The highest BCUT2D eigenvalue weighted by molar-refractivity contribution is 5.58. The van der Waals surface area contributed by atoms with E-state index in [9.17, 15) is 5.11 Å². The Balaban J connectivity index is 1.62. The number of allylic oxidation sites excluding steroid dienone is 1. The minimum Gasteiger partial charge on any atom is -0.492 e. The van der Waals surface area contributed by atoms with Crippen LogP contribution in [0, 0.1) is 18.3 Å². The van der Waals surface area contributed by atoms with Crippen LogP contribution in [0.2, 0.25) is 0 Å². The zero-order valence-corrected chi connectivity index (χ0v) is 17.3. The van der Waals surface area contributed by atoms with Gasteiger partial charge >= 0.3 is 0 Å². The SMILES string of the molecule is C#CC1N2CCC(CC2)C1(O)c1ccc(C2=CCCCO2)nc1Cc1ccccc1. The summed E-state index contributed by atoms with van der Waals surface area (Å²) in [6.07, 6.45) is 12.7. The Labute approximate surface area is 178 Å². The molecule has 0 amide bonds. The van der Waals surface area contributed by atoms with Gasteiger partial charge in [-0.1, -0.05) is 42.3 Å². The molecule has 2 unspecified atom stereocenters. The molecule has 2 aromatic rings. The summed E-state index contributed by atoms with van der Waals surface area (Å²) < 4.78 is 5.87. The maximum absolute atomic E-state index is 12.1. The maximum Gasteiger partial charge on any atom is 0.140 e. The van der Waals surface area contributed by atoms with E-state index in [4.69, 9.17) is 16.1 Å². The fourth-order valence-electron chi connectivity index (χ4n) is 5.36. The fourth-order valence-corrected chi connectivity index (χ4v) is 5.36. The number of rotatable bonds is 4. The van der Waals surface area contributed by atoms with Crippen LogP contribution in [-0.4, -0.2) is 40.7 Å². The first kappa shape index (κ1) is 19.4. The van der Waals surface area contributed by atoms with Crippen LogP contribution in [0.4, 0.5) is 0 Å². The molecule has 2 bridgehead atoms. The van der Waals surface area contributed by atoms with Gasteiger partial charge in [-0.25, -0.2) is 4.98 Å². The molecule has 0 spiro atoms. The second-order valence-electron chi connectivity index (χ2n) is 8.62. The van der Waals surface area contributed by atoms with Gasteiger partial charge in [-0.2, -0.15) is 0 Å². The third-order valence-corrected chi connectivity index (χ3v) is 6.90. The molecule has 1 N–H and O–H groups in total. The summed E-state index contributed by atoms with van der Waals surface area (Å²) in [7, 11) is 0. The lowest BCUT2D eigenvalue weighted by molar-refractivity contribution is -0.143. The molecule has 30 heavy (non-hydrogen) atoms. The Kier molecular flexibility index (Phi) is 5.10. The van der Waals surface area contributed by atoms with Crippen LogP contribution in [0.25, 0.3) is 5.76 Å². The van der Waals surface area contributed by atoms with E-state index in [1.54, 1.807) is 0 Å². The summed E-state index contributed by atoms with van der Waals surface area (Å²) in [5.74, 6) is 3.91.